The van der Waals surface area contributed by atoms with Crippen LogP contribution >= 0.6 is 11.3 Å². The molecule has 4 rings (SSSR count). The van der Waals surface area contributed by atoms with Crippen LogP contribution in [0.5, 0.6) is 5.19 Å². The van der Waals surface area contributed by atoms with Gasteiger partial charge in [-0.25, -0.2) is 9.97 Å². The van der Waals surface area contributed by atoms with Crippen LogP contribution in [0.3, 0.4) is 0 Å². The molecule has 1 saturated carbocycles. The summed E-state index contributed by atoms with van der Waals surface area (Å²) in [6.07, 6.45) is -1.82. The van der Waals surface area contributed by atoms with Crippen molar-refractivity contribution < 1.29 is 27.1 Å². The van der Waals surface area contributed by atoms with E-state index in [4.69, 9.17) is 4.42 Å². The minimum atomic E-state index is -4.42. The van der Waals surface area contributed by atoms with Crippen LogP contribution in [0.1, 0.15) is 42.5 Å². The van der Waals surface area contributed by atoms with E-state index in [9.17, 15) is 18.0 Å². The quantitative estimate of drug-likeness (QED) is 0.599. The minimum Gasteiger partial charge on any atom is -0.460 e. The van der Waals surface area contributed by atoms with Crippen molar-refractivity contribution in [1.82, 2.24) is 15.3 Å². The van der Waals surface area contributed by atoms with Crippen LogP contribution in [0.4, 0.5) is 13.2 Å². The minimum absolute atomic E-state index is 0.0726. The van der Waals surface area contributed by atoms with E-state index in [-0.39, 0.29) is 29.0 Å². The Morgan fingerprint density at radius 3 is 2.97 bits per heavy atom. The van der Waals surface area contributed by atoms with Gasteiger partial charge in [0.2, 0.25) is 5.91 Å². The van der Waals surface area contributed by atoms with Gasteiger partial charge in [-0.3, -0.25) is 4.79 Å². The number of oxazole rings is 1. The molecule has 29 heavy (non-hydrogen) atoms. The maximum absolute atomic E-state index is 12.3. The molecule has 1 aromatic carbocycles. The fourth-order valence-corrected chi connectivity index (χ4v) is 3.88. The van der Waals surface area contributed by atoms with Crippen LogP contribution in [0.2, 0.25) is 0 Å². The van der Waals surface area contributed by atoms with Crippen molar-refractivity contribution >= 4 is 28.3 Å². The average Bonchev–Trinajstić information content (AvgIpc) is 3.08. The number of thiazole rings is 1. The van der Waals surface area contributed by atoms with Gasteiger partial charge in [-0.1, -0.05) is 23.5 Å². The SMILES string of the molecule is C[C@@H](NC(=O)C[C@@H]1C[C@H]1c1nc2ccccc2o1)c1cnc(OCC(F)(F)F)s1. The Kier molecular flexibility index (Phi) is 5.20. The number of carbonyl (C=O) groups excluding carboxylic acids is 1. The fourth-order valence-electron chi connectivity index (χ4n) is 3.11. The zero-order valence-electron chi connectivity index (χ0n) is 15.4. The summed E-state index contributed by atoms with van der Waals surface area (Å²) in [7, 11) is 0. The molecule has 0 aliphatic heterocycles. The number of carbonyl (C=O) groups is 1. The maximum atomic E-state index is 12.3. The highest BCUT2D eigenvalue weighted by Crippen LogP contribution is 2.49. The van der Waals surface area contributed by atoms with Crippen molar-refractivity contribution in [3.8, 4) is 5.19 Å². The summed E-state index contributed by atoms with van der Waals surface area (Å²) in [4.78, 5) is 21.3. The molecular formula is C19H18F3N3O3S. The van der Waals surface area contributed by atoms with Crippen LogP contribution in [-0.2, 0) is 4.79 Å². The first-order valence-electron chi connectivity index (χ1n) is 9.08. The molecule has 0 bridgehead atoms. The lowest BCUT2D eigenvalue weighted by atomic mass is 10.2. The highest BCUT2D eigenvalue weighted by molar-refractivity contribution is 7.13. The molecule has 1 aliphatic rings. The predicted octanol–water partition coefficient (Wildman–Crippen LogP) is 4.60. The number of nitrogens with zero attached hydrogens (tertiary/aromatic N) is 2. The summed E-state index contributed by atoms with van der Waals surface area (Å²) >= 11 is 0.985. The van der Waals surface area contributed by atoms with Crippen LogP contribution in [0, 0.1) is 5.92 Å². The van der Waals surface area contributed by atoms with Gasteiger partial charge in [-0.15, -0.1) is 0 Å². The van der Waals surface area contributed by atoms with E-state index >= 15 is 0 Å². The number of fused-ring (bicyclic) bond motifs is 1. The summed E-state index contributed by atoms with van der Waals surface area (Å²) in [5.74, 6) is 0.829. The zero-order chi connectivity index (χ0) is 20.6. The Morgan fingerprint density at radius 2 is 2.21 bits per heavy atom. The smallest absolute Gasteiger partial charge is 0.422 e. The van der Waals surface area contributed by atoms with Gasteiger partial charge in [-0.2, -0.15) is 13.2 Å². The third-order valence-electron chi connectivity index (χ3n) is 4.66. The van der Waals surface area contributed by atoms with Gasteiger partial charge in [-0.05, 0) is 31.4 Å². The molecule has 1 fully saturated rings. The Bertz CT molecular complexity index is 984. The number of ether oxygens (including phenoxy) is 1. The molecule has 3 atom stereocenters. The first-order valence-corrected chi connectivity index (χ1v) is 9.90. The molecule has 3 aromatic rings. The fraction of sp³-hybridized carbons (Fsp3) is 0.421. The summed E-state index contributed by atoms with van der Waals surface area (Å²) in [5, 5.41) is 2.78. The normalized spacial score (nSPS) is 19.9. The second kappa shape index (κ2) is 7.66. The van der Waals surface area contributed by atoms with E-state index in [0.29, 0.717) is 17.2 Å². The number of rotatable bonds is 7. The van der Waals surface area contributed by atoms with Gasteiger partial charge in [0.05, 0.1) is 10.9 Å². The van der Waals surface area contributed by atoms with Crippen molar-refractivity contribution in [3.05, 3.63) is 41.2 Å². The molecule has 0 saturated heterocycles. The number of benzene rings is 1. The van der Waals surface area contributed by atoms with Crippen molar-refractivity contribution in [3.63, 3.8) is 0 Å². The van der Waals surface area contributed by atoms with Crippen LogP contribution in [0.25, 0.3) is 11.1 Å². The number of amides is 1. The molecule has 0 radical (unpaired) electrons. The highest BCUT2D eigenvalue weighted by atomic mass is 32.1. The average molecular weight is 425 g/mol. The molecule has 154 valence electrons. The van der Waals surface area contributed by atoms with E-state index in [0.717, 1.165) is 28.9 Å². The van der Waals surface area contributed by atoms with Crippen molar-refractivity contribution in [1.29, 1.82) is 0 Å². The van der Waals surface area contributed by atoms with E-state index in [1.807, 2.05) is 24.3 Å². The summed E-state index contributed by atoms with van der Waals surface area (Å²) in [6.45, 7) is 0.365. The monoisotopic (exact) mass is 425 g/mol. The van der Waals surface area contributed by atoms with Crippen molar-refractivity contribution in [2.45, 2.75) is 37.9 Å². The Balaban J connectivity index is 1.27. The number of aromatic nitrogens is 2. The number of hydrogen-bond donors (Lipinski definition) is 1. The van der Waals surface area contributed by atoms with Crippen LogP contribution in [-0.4, -0.2) is 28.7 Å². The van der Waals surface area contributed by atoms with E-state index < -0.39 is 12.8 Å². The lowest BCUT2D eigenvalue weighted by Gasteiger charge is -2.11. The molecular weight excluding hydrogens is 407 g/mol. The van der Waals surface area contributed by atoms with E-state index in [1.165, 1.54) is 6.20 Å². The Morgan fingerprint density at radius 1 is 1.41 bits per heavy atom. The van der Waals surface area contributed by atoms with Crippen LogP contribution < -0.4 is 10.1 Å². The molecule has 0 unspecified atom stereocenters. The Hall–Kier alpha value is -2.62. The van der Waals surface area contributed by atoms with E-state index in [2.05, 4.69) is 20.0 Å². The molecule has 1 aliphatic carbocycles. The molecule has 2 heterocycles. The molecule has 1 amide bonds. The zero-order valence-corrected chi connectivity index (χ0v) is 16.2. The topological polar surface area (TPSA) is 77.3 Å². The van der Waals surface area contributed by atoms with Gasteiger partial charge < -0.3 is 14.5 Å². The Labute approximate surface area is 168 Å². The lowest BCUT2D eigenvalue weighted by Crippen LogP contribution is -2.26. The number of halogens is 3. The molecule has 0 spiro atoms. The molecule has 6 nitrogen and oxygen atoms in total. The maximum Gasteiger partial charge on any atom is 0.422 e. The first kappa shape index (κ1) is 19.7. The number of para-hydroxylation sites is 2. The number of alkyl halides is 3. The largest absolute Gasteiger partial charge is 0.460 e. The third-order valence-corrected chi connectivity index (χ3v) is 5.76. The lowest BCUT2D eigenvalue weighted by molar-refractivity contribution is -0.153. The second-order valence-corrected chi connectivity index (χ2v) is 8.07. The van der Waals surface area contributed by atoms with Gasteiger partial charge in [0, 0.05) is 18.5 Å². The first-order chi connectivity index (χ1) is 13.8. The summed E-state index contributed by atoms with van der Waals surface area (Å²) < 4.78 is 47.0. The standard InChI is InChI=1S/C19H18F3N3O3S/c1-10(15-8-23-18(29-15)27-9-19(20,21)22)24-16(26)7-11-6-12(11)17-25-13-4-2-3-5-14(13)28-17/h2-5,8,10-12H,6-7,9H2,1H3,(H,24,26)/t10-,11+,12-/m1/s1. The molecule has 10 heteroatoms. The van der Waals surface area contributed by atoms with E-state index in [1.54, 1.807) is 6.92 Å². The summed E-state index contributed by atoms with van der Waals surface area (Å²) in [6, 6.07) is 7.15. The van der Waals surface area contributed by atoms with Crippen molar-refractivity contribution in [2.24, 2.45) is 5.92 Å². The van der Waals surface area contributed by atoms with Crippen LogP contribution in [0.15, 0.2) is 34.9 Å². The van der Waals surface area contributed by atoms with Gasteiger partial charge in [0.25, 0.3) is 5.19 Å². The van der Waals surface area contributed by atoms with Crippen molar-refractivity contribution in [2.75, 3.05) is 6.61 Å². The second-order valence-electron chi connectivity index (χ2n) is 7.05. The number of nitrogens with one attached hydrogen (secondary N) is 1. The van der Waals surface area contributed by atoms with Gasteiger partial charge in [0.1, 0.15) is 5.52 Å². The highest BCUT2D eigenvalue weighted by Gasteiger charge is 2.43. The summed E-state index contributed by atoms with van der Waals surface area (Å²) in [5.41, 5.74) is 1.54. The molecule has 1 N–H and O–H groups in total. The van der Waals surface area contributed by atoms with Gasteiger partial charge in [0.15, 0.2) is 18.1 Å². The van der Waals surface area contributed by atoms with Gasteiger partial charge >= 0.3 is 6.18 Å². The molecule has 2 aromatic heterocycles. The predicted molar refractivity (Wildman–Crippen MR) is 99.7 cm³/mol. The number of hydrogen-bond acceptors (Lipinski definition) is 6. The third kappa shape index (κ3) is 4.87.